The Labute approximate surface area is 152 Å². The average Bonchev–Trinajstić information content (AvgIpc) is 3.06. The molecule has 8 heteroatoms. The molecule has 8 nitrogen and oxygen atoms in total. The molecule has 2 aromatic heterocycles. The maximum absolute atomic E-state index is 13.1. The quantitative estimate of drug-likeness (QED) is 0.808. The van der Waals surface area contributed by atoms with Gasteiger partial charge >= 0.3 is 0 Å². The number of hydrogen-bond acceptors (Lipinski definition) is 6. The minimum Gasteiger partial charge on any atom is -0.373 e. The largest absolute Gasteiger partial charge is 0.373 e. The van der Waals surface area contributed by atoms with Crippen LogP contribution >= 0.6 is 0 Å². The van der Waals surface area contributed by atoms with E-state index >= 15 is 0 Å². The van der Waals surface area contributed by atoms with Crippen LogP contribution in [0.1, 0.15) is 27.7 Å². The highest BCUT2D eigenvalue weighted by atomic mass is 16.5. The summed E-state index contributed by atoms with van der Waals surface area (Å²) in [4.78, 5) is 21.0. The molecule has 2 atom stereocenters. The van der Waals surface area contributed by atoms with Crippen molar-refractivity contribution in [2.24, 2.45) is 7.05 Å². The highest BCUT2D eigenvalue weighted by Crippen LogP contribution is 2.31. The Hall–Kier alpha value is -2.76. The van der Waals surface area contributed by atoms with Gasteiger partial charge in [0.25, 0.3) is 5.91 Å². The normalized spacial score (nSPS) is 20.2. The lowest BCUT2D eigenvalue weighted by molar-refractivity contribution is -0.0684. The van der Waals surface area contributed by atoms with Crippen molar-refractivity contribution in [2.45, 2.75) is 12.1 Å². The molecule has 1 aliphatic rings. The molecule has 1 saturated heterocycles. The highest BCUT2D eigenvalue weighted by Gasteiger charge is 2.37. The van der Waals surface area contributed by atoms with Crippen LogP contribution in [0.15, 0.2) is 30.7 Å². The van der Waals surface area contributed by atoms with Crippen LogP contribution < -0.4 is 0 Å². The number of likely N-dealkylation sites (N-methyl/N-ethyl adjacent to an activating group) is 1. The zero-order chi connectivity index (χ0) is 18.7. The second-order valence-corrected chi connectivity index (χ2v) is 6.61. The SMILES string of the molecule is CN(C)C[C@@H]1OCCN(C(=O)c2ccc(C#N)nc2)[C@H]1c1cnn(C)c1. The predicted octanol–water partition coefficient (Wildman–Crippen LogP) is 0.831. The maximum Gasteiger partial charge on any atom is 0.256 e. The molecule has 0 aromatic carbocycles. The van der Waals surface area contributed by atoms with Gasteiger partial charge in [-0.1, -0.05) is 0 Å². The number of hydrogen-bond donors (Lipinski definition) is 0. The Morgan fingerprint density at radius 2 is 2.23 bits per heavy atom. The van der Waals surface area contributed by atoms with Gasteiger partial charge in [-0.2, -0.15) is 10.4 Å². The third-order valence-corrected chi connectivity index (χ3v) is 4.35. The van der Waals surface area contributed by atoms with Crippen LogP contribution in [0.25, 0.3) is 0 Å². The first-order valence-corrected chi connectivity index (χ1v) is 8.41. The van der Waals surface area contributed by atoms with Gasteiger partial charge in [-0.15, -0.1) is 0 Å². The van der Waals surface area contributed by atoms with Gasteiger partial charge in [0.2, 0.25) is 0 Å². The summed E-state index contributed by atoms with van der Waals surface area (Å²) < 4.78 is 7.71. The van der Waals surface area contributed by atoms with Gasteiger partial charge in [0.15, 0.2) is 0 Å². The lowest BCUT2D eigenvalue weighted by Gasteiger charge is -2.41. The number of amides is 1. The molecule has 2 aromatic rings. The number of carbonyl (C=O) groups is 1. The van der Waals surface area contributed by atoms with E-state index in [-0.39, 0.29) is 23.7 Å². The molecule has 136 valence electrons. The smallest absolute Gasteiger partial charge is 0.256 e. The summed E-state index contributed by atoms with van der Waals surface area (Å²) >= 11 is 0. The van der Waals surface area contributed by atoms with Crippen molar-refractivity contribution in [3.05, 3.63) is 47.5 Å². The molecular formula is C18H22N6O2. The van der Waals surface area contributed by atoms with E-state index in [2.05, 4.69) is 10.1 Å². The third-order valence-electron chi connectivity index (χ3n) is 4.35. The van der Waals surface area contributed by atoms with Crippen molar-refractivity contribution in [2.75, 3.05) is 33.8 Å². The van der Waals surface area contributed by atoms with Crippen molar-refractivity contribution in [1.82, 2.24) is 24.6 Å². The van der Waals surface area contributed by atoms with Gasteiger partial charge in [0.05, 0.1) is 30.5 Å². The third kappa shape index (κ3) is 3.74. The van der Waals surface area contributed by atoms with Gasteiger partial charge in [-0.3, -0.25) is 9.48 Å². The Bertz CT molecular complexity index is 808. The second kappa shape index (κ2) is 7.64. The molecule has 0 N–H and O–H groups in total. The van der Waals surface area contributed by atoms with Crippen LogP contribution in [0.3, 0.4) is 0 Å². The molecule has 1 amide bonds. The zero-order valence-electron chi connectivity index (χ0n) is 15.2. The summed E-state index contributed by atoms with van der Waals surface area (Å²) in [6, 6.07) is 4.94. The fourth-order valence-electron chi connectivity index (χ4n) is 3.21. The molecule has 1 fully saturated rings. The number of ether oxygens (including phenoxy) is 1. The van der Waals surface area contributed by atoms with E-state index in [4.69, 9.17) is 10.00 Å². The highest BCUT2D eigenvalue weighted by molar-refractivity contribution is 5.94. The van der Waals surface area contributed by atoms with E-state index in [9.17, 15) is 4.79 Å². The first-order valence-electron chi connectivity index (χ1n) is 8.41. The summed E-state index contributed by atoms with van der Waals surface area (Å²) in [5.41, 5.74) is 1.69. The van der Waals surface area contributed by atoms with E-state index in [0.717, 1.165) is 5.56 Å². The molecular weight excluding hydrogens is 332 g/mol. The molecule has 26 heavy (non-hydrogen) atoms. The fraction of sp³-hybridized carbons (Fsp3) is 0.444. The number of nitriles is 1. The number of rotatable bonds is 4. The number of nitrogens with zero attached hydrogens (tertiary/aromatic N) is 6. The molecule has 1 aliphatic heterocycles. The minimum absolute atomic E-state index is 0.122. The first-order chi connectivity index (χ1) is 12.5. The molecule has 0 unspecified atom stereocenters. The molecule has 0 spiro atoms. The standard InChI is InChI=1S/C18H22N6O2/c1-22(2)12-16-17(14-10-21-23(3)11-14)24(6-7-26-16)18(25)13-4-5-15(8-19)20-9-13/h4-5,9-11,16-17H,6-7,12H2,1-3H3/t16-,17-/m0/s1. The van der Waals surface area contributed by atoms with Crippen molar-refractivity contribution in [3.8, 4) is 6.07 Å². The molecule has 0 radical (unpaired) electrons. The van der Waals surface area contributed by atoms with E-state index in [0.29, 0.717) is 25.3 Å². The fourth-order valence-corrected chi connectivity index (χ4v) is 3.21. The summed E-state index contributed by atoms with van der Waals surface area (Å²) in [5.74, 6) is -0.122. The van der Waals surface area contributed by atoms with Crippen LogP contribution in [0.4, 0.5) is 0 Å². The molecule has 0 bridgehead atoms. The van der Waals surface area contributed by atoms with Gasteiger partial charge < -0.3 is 14.5 Å². The monoisotopic (exact) mass is 354 g/mol. The van der Waals surface area contributed by atoms with Gasteiger partial charge in [0, 0.05) is 38.1 Å². The Balaban J connectivity index is 1.93. The Morgan fingerprint density at radius 1 is 1.42 bits per heavy atom. The molecule has 3 heterocycles. The Morgan fingerprint density at radius 3 is 2.81 bits per heavy atom. The van der Waals surface area contributed by atoms with Crippen LogP contribution in [0.2, 0.25) is 0 Å². The van der Waals surface area contributed by atoms with Crippen molar-refractivity contribution < 1.29 is 9.53 Å². The number of aromatic nitrogens is 3. The first kappa shape index (κ1) is 18.0. The van der Waals surface area contributed by atoms with Crippen LogP contribution in [0.5, 0.6) is 0 Å². The van der Waals surface area contributed by atoms with Crippen molar-refractivity contribution >= 4 is 5.91 Å². The van der Waals surface area contributed by atoms with Gasteiger partial charge in [-0.25, -0.2) is 4.98 Å². The lowest BCUT2D eigenvalue weighted by atomic mass is 9.99. The summed E-state index contributed by atoms with van der Waals surface area (Å²) in [7, 11) is 5.81. The summed E-state index contributed by atoms with van der Waals surface area (Å²) in [5, 5.41) is 13.1. The van der Waals surface area contributed by atoms with Crippen LogP contribution in [0, 0.1) is 11.3 Å². The van der Waals surface area contributed by atoms with E-state index in [1.165, 1.54) is 6.20 Å². The van der Waals surface area contributed by atoms with Gasteiger partial charge in [-0.05, 0) is 26.2 Å². The van der Waals surface area contributed by atoms with E-state index < -0.39 is 0 Å². The number of aryl methyl sites for hydroxylation is 1. The van der Waals surface area contributed by atoms with Crippen LogP contribution in [-0.2, 0) is 11.8 Å². The molecule has 0 aliphatic carbocycles. The van der Waals surface area contributed by atoms with Crippen LogP contribution in [-0.4, -0.2) is 70.4 Å². The topological polar surface area (TPSA) is 87.3 Å². The summed E-state index contributed by atoms with van der Waals surface area (Å²) in [6.45, 7) is 1.65. The minimum atomic E-state index is -0.233. The van der Waals surface area contributed by atoms with E-state index in [1.807, 2.05) is 43.2 Å². The zero-order valence-corrected chi connectivity index (χ0v) is 15.2. The summed E-state index contributed by atoms with van der Waals surface area (Å²) in [6.07, 6.45) is 4.99. The predicted molar refractivity (Wildman–Crippen MR) is 94.2 cm³/mol. The van der Waals surface area contributed by atoms with Gasteiger partial charge in [0.1, 0.15) is 11.8 Å². The number of morpholine rings is 1. The lowest BCUT2D eigenvalue weighted by Crippen LogP contribution is -2.51. The van der Waals surface area contributed by atoms with Crippen molar-refractivity contribution in [3.63, 3.8) is 0 Å². The Kier molecular flexibility index (Phi) is 5.30. The van der Waals surface area contributed by atoms with Crippen molar-refractivity contribution in [1.29, 1.82) is 5.26 Å². The number of pyridine rings is 1. The maximum atomic E-state index is 13.1. The van der Waals surface area contributed by atoms with E-state index in [1.54, 1.807) is 23.0 Å². The second-order valence-electron chi connectivity index (χ2n) is 6.61. The average molecular weight is 354 g/mol. The number of carbonyl (C=O) groups excluding carboxylic acids is 1. The molecule has 0 saturated carbocycles. The molecule has 3 rings (SSSR count).